The van der Waals surface area contributed by atoms with E-state index >= 15 is 0 Å². The lowest BCUT2D eigenvalue weighted by Gasteiger charge is -2.12. The van der Waals surface area contributed by atoms with Crippen molar-refractivity contribution in [2.45, 2.75) is 13.0 Å². The Kier molecular flexibility index (Phi) is 3.92. The first-order chi connectivity index (χ1) is 6.24. The molecule has 0 bridgehead atoms. The first-order valence-electron chi connectivity index (χ1n) is 3.86. The molecule has 0 aliphatic heterocycles. The minimum absolute atomic E-state index is 0.0841. The van der Waals surface area contributed by atoms with Crippen LogP contribution in [0.15, 0.2) is 12.4 Å². The predicted octanol–water partition coefficient (Wildman–Crippen LogP) is 1.54. The Hall–Kier alpha value is -0.870. The van der Waals surface area contributed by atoms with Crippen molar-refractivity contribution >= 4 is 11.6 Å². The second-order valence-electron chi connectivity index (χ2n) is 2.54. The molecule has 4 nitrogen and oxygen atoms in total. The van der Waals surface area contributed by atoms with Crippen LogP contribution >= 0.6 is 11.6 Å². The zero-order valence-corrected chi connectivity index (χ0v) is 8.28. The highest BCUT2D eigenvalue weighted by molar-refractivity contribution is 6.30. The van der Waals surface area contributed by atoms with Gasteiger partial charge in [0.15, 0.2) is 5.15 Å². The number of nitrogens with zero attached hydrogens (tertiary/aromatic N) is 2. The molecule has 0 aliphatic rings. The molecule has 1 heterocycles. The van der Waals surface area contributed by atoms with Gasteiger partial charge >= 0.3 is 0 Å². The molecule has 0 radical (unpaired) electrons. The van der Waals surface area contributed by atoms with E-state index in [0.29, 0.717) is 12.5 Å². The number of methoxy groups -OCH3 is 1. The van der Waals surface area contributed by atoms with Gasteiger partial charge in [-0.1, -0.05) is 11.6 Å². The summed E-state index contributed by atoms with van der Waals surface area (Å²) in [7, 11) is 1.61. The number of hydrogen-bond donors (Lipinski definition) is 0. The van der Waals surface area contributed by atoms with Crippen molar-refractivity contribution in [2.75, 3.05) is 13.7 Å². The van der Waals surface area contributed by atoms with Gasteiger partial charge in [0.05, 0.1) is 6.61 Å². The van der Waals surface area contributed by atoms with Crippen molar-refractivity contribution in [1.29, 1.82) is 0 Å². The molecule has 1 rings (SSSR count). The molecule has 1 aromatic rings. The normalized spacial score (nSPS) is 12.5. The fourth-order valence-corrected chi connectivity index (χ4v) is 0.996. The topological polar surface area (TPSA) is 44.2 Å². The van der Waals surface area contributed by atoms with Gasteiger partial charge in [-0.15, -0.1) is 0 Å². The number of hydrogen-bond acceptors (Lipinski definition) is 4. The van der Waals surface area contributed by atoms with Crippen molar-refractivity contribution in [3.05, 3.63) is 17.5 Å². The molecule has 0 saturated heterocycles. The van der Waals surface area contributed by atoms with Crippen LogP contribution in [-0.2, 0) is 4.74 Å². The number of aromatic nitrogens is 2. The zero-order chi connectivity index (χ0) is 9.68. The van der Waals surface area contributed by atoms with E-state index in [0.717, 1.165) is 0 Å². The molecule has 0 fully saturated rings. The zero-order valence-electron chi connectivity index (χ0n) is 7.53. The summed E-state index contributed by atoms with van der Waals surface area (Å²) in [6, 6.07) is 0. The van der Waals surface area contributed by atoms with Gasteiger partial charge < -0.3 is 9.47 Å². The van der Waals surface area contributed by atoms with Crippen LogP contribution in [0.1, 0.15) is 6.92 Å². The number of halogens is 1. The fraction of sp³-hybridized carbons (Fsp3) is 0.500. The third-order valence-corrected chi connectivity index (χ3v) is 1.60. The van der Waals surface area contributed by atoms with Crippen molar-refractivity contribution < 1.29 is 9.47 Å². The minimum Gasteiger partial charge on any atom is -0.470 e. The van der Waals surface area contributed by atoms with Crippen LogP contribution in [-0.4, -0.2) is 29.8 Å². The van der Waals surface area contributed by atoms with Gasteiger partial charge in [0.1, 0.15) is 6.10 Å². The lowest BCUT2D eigenvalue weighted by atomic mass is 10.4. The van der Waals surface area contributed by atoms with Gasteiger partial charge in [-0.2, -0.15) is 0 Å². The van der Waals surface area contributed by atoms with E-state index in [2.05, 4.69) is 9.97 Å². The summed E-state index contributed by atoms with van der Waals surface area (Å²) in [5.74, 6) is 0.341. The highest BCUT2D eigenvalue weighted by atomic mass is 35.5. The SMILES string of the molecule is COCC(C)Oc1nccnc1Cl. The molecule has 13 heavy (non-hydrogen) atoms. The summed E-state index contributed by atoms with van der Waals surface area (Å²) in [6.45, 7) is 2.36. The Morgan fingerprint density at radius 3 is 2.77 bits per heavy atom. The minimum atomic E-state index is -0.0841. The monoisotopic (exact) mass is 202 g/mol. The number of ether oxygens (including phenoxy) is 2. The summed E-state index contributed by atoms with van der Waals surface area (Å²) < 4.78 is 10.3. The summed E-state index contributed by atoms with van der Waals surface area (Å²) in [4.78, 5) is 7.76. The maximum atomic E-state index is 5.73. The molecule has 1 unspecified atom stereocenters. The van der Waals surface area contributed by atoms with E-state index in [1.54, 1.807) is 7.11 Å². The van der Waals surface area contributed by atoms with Crippen molar-refractivity contribution in [3.63, 3.8) is 0 Å². The van der Waals surface area contributed by atoms with Gasteiger partial charge in [0, 0.05) is 19.5 Å². The van der Waals surface area contributed by atoms with Crippen LogP contribution in [0.5, 0.6) is 5.88 Å². The van der Waals surface area contributed by atoms with Crippen LogP contribution in [0.4, 0.5) is 0 Å². The van der Waals surface area contributed by atoms with Crippen LogP contribution in [0.3, 0.4) is 0 Å². The highest BCUT2D eigenvalue weighted by Gasteiger charge is 2.08. The van der Waals surface area contributed by atoms with Crippen LogP contribution in [0.25, 0.3) is 0 Å². The first kappa shape index (κ1) is 10.2. The Morgan fingerprint density at radius 1 is 1.46 bits per heavy atom. The first-order valence-corrected chi connectivity index (χ1v) is 4.24. The predicted molar refractivity (Wildman–Crippen MR) is 49.0 cm³/mol. The van der Waals surface area contributed by atoms with E-state index in [1.807, 2.05) is 6.92 Å². The highest BCUT2D eigenvalue weighted by Crippen LogP contribution is 2.18. The van der Waals surface area contributed by atoms with Gasteiger partial charge in [-0.05, 0) is 6.92 Å². The summed E-state index contributed by atoms with van der Waals surface area (Å²) in [5, 5.41) is 0.269. The second-order valence-corrected chi connectivity index (χ2v) is 2.89. The maximum Gasteiger partial charge on any atom is 0.252 e. The van der Waals surface area contributed by atoms with Gasteiger partial charge in [-0.25, -0.2) is 9.97 Å². The molecular formula is C8H11ClN2O2. The standard InChI is InChI=1S/C8H11ClN2O2/c1-6(5-12-2)13-8-7(9)10-3-4-11-8/h3-4,6H,5H2,1-2H3. The molecular weight excluding hydrogens is 192 g/mol. The van der Waals surface area contributed by atoms with Crippen molar-refractivity contribution in [3.8, 4) is 5.88 Å². The van der Waals surface area contributed by atoms with E-state index in [1.165, 1.54) is 12.4 Å². The molecule has 0 saturated carbocycles. The molecule has 1 aromatic heterocycles. The van der Waals surface area contributed by atoms with Crippen LogP contribution in [0.2, 0.25) is 5.15 Å². The average molecular weight is 203 g/mol. The summed E-state index contributed by atoms with van der Waals surface area (Å²) >= 11 is 5.73. The third kappa shape index (κ3) is 3.16. The van der Waals surface area contributed by atoms with Crippen LogP contribution < -0.4 is 4.74 Å². The molecule has 72 valence electrons. The molecule has 0 aliphatic carbocycles. The molecule has 1 atom stereocenters. The number of rotatable bonds is 4. The van der Waals surface area contributed by atoms with E-state index in [4.69, 9.17) is 21.1 Å². The maximum absolute atomic E-state index is 5.73. The average Bonchev–Trinajstić information content (AvgIpc) is 2.09. The van der Waals surface area contributed by atoms with E-state index < -0.39 is 0 Å². The molecule has 0 spiro atoms. The van der Waals surface area contributed by atoms with E-state index in [-0.39, 0.29) is 11.3 Å². The van der Waals surface area contributed by atoms with Gasteiger partial charge in [0.2, 0.25) is 0 Å². The fourth-order valence-electron chi connectivity index (χ4n) is 0.847. The Morgan fingerprint density at radius 2 is 2.15 bits per heavy atom. The third-order valence-electron chi connectivity index (χ3n) is 1.34. The molecule has 0 amide bonds. The van der Waals surface area contributed by atoms with E-state index in [9.17, 15) is 0 Å². The van der Waals surface area contributed by atoms with Gasteiger partial charge in [-0.3, -0.25) is 0 Å². The van der Waals surface area contributed by atoms with Crippen molar-refractivity contribution in [1.82, 2.24) is 9.97 Å². The Labute approximate surface area is 81.9 Å². The second kappa shape index (κ2) is 4.99. The molecule has 0 N–H and O–H groups in total. The summed E-state index contributed by atoms with van der Waals surface area (Å²) in [6.07, 6.45) is 2.95. The Bertz CT molecular complexity index is 270. The lowest BCUT2D eigenvalue weighted by Crippen LogP contribution is -2.18. The van der Waals surface area contributed by atoms with Gasteiger partial charge in [0.25, 0.3) is 5.88 Å². The quantitative estimate of drug-likeness (QED) is 0.743. The van der Waals surface area contributed by atoms with Crippen molar-refractivity contribution in [2.24, 2.45) is 0 Å². The molecule has 5 heteroatoms. The Balaban J connectivity index is 2.58. The summed E-state index contributed by atoms with van der Waals surface area (Å²) in [5.41, 5.74) is 0. The largest absolute Gasteiger partial charge is 0.470 e. The lowest BCUT2D eigenvalue weighted by molar-refractivity contribution is 0.0887. The smallest absolute Gasteiger partial charge is 0.252 e. The van der Waals surface area contributed by atoms with Crippen LogP contribution in [0, 0.1) is 0 Å². The molecule has 0 aromatic carbocycles.